The second-order valence-electron chi connectivity index (χ2n) is 8.15. The number of piperidine rings is 1. The number of carbonyl (C=O) groups is 2. The Labute approximate surface area is 186 Å². The van der Waals surface area contributed by atoms with E-state index in [9.17, 15) is 9.59 Å². The Morgan fingerprint density at radius 3 is 2.74 bits per heavy atom. The third-order valence-corrected chi connectivity index (χ3v) is 6.85. The van der Waals surface area contributed by atoms with Crippen LogP contribution >= 0.6 is 11.3 Å². The third kappa shape index (κ3) is 4.35. The predicted octanol–water partition coefficient (Wildman–Crippen LogP) is 3.77. The molecule has 3 aromatic rings. The van der Waals surface area contributed by atoms with E-state index in [4.69, 9.17) is 4.98 Å². The van der Waals surface area contributed by atoms with Crippen LogP contribution < -0.4 is 5.32 Å². The van der Waals surface area contributed by atoms with E-state index in [1.165, 1.54) is 0 Å². The van der Waals surface area contributed by atoms with Gasteiger partial charge in [-0.15, -0.1) is 11.3 Å². The van der Waals surface area contributed by atoms with E-state index in [1.807, 2.05) is 42.5 Å². The summed E-state index contributed by atoms with van der Waals surface area (Å²) in [6.07, 6.45) is 3.45. The number of nitrogens with zero attached hydrogens (tertiary/aromatic N) is 4. The van der Waals surface area contributed by atoms with Gasteiger partial charge in [-0.1, -0.05) is 19.4 Å². The van der Waals surface area contributed by atoms with Crippen molar-refractivity contribution in [1.82, 2.24) is 25.0 Å². The summed E-state index contributed by atoms with van der Waals surface area (Å²) >= 11 is 1.60. The van der Waals surface area contributed by atoms with Gasteiger partial charge in [-0.2, -0.15) is 5.10 Å². The minimum absolute atomic E-state index is 0.00820. The standard InChI is InChI=1S/C23H29N5O2S/c1-4-5-10-24-22(29)16-8-11-28(12-9-16)23(30)17-14-18(19-7-6-13-31-19)25-21-20(17)15(2)26-27(21)3/h6-7,13-14,16H,4-5,8-12H2,1-3H3,(H,24,29). The largest absolute Gasteiger partial charge is 0.356 e. The molecule has 1 aliphatic heterocycles. The summed E-state index contributed by atoms with van der Waals surface area (Å²) in [4.78, 5) is 33.6. The molecule has 0 aromatic carbocycles. The van der Waals surface area contributed by atoms with E-state index in [0.717, 1.165) is 46.7 Å². The van der Waals surface area contributed by atoms with Crippen LogP contribution in [0.2, 0.25) is 0 Å². The van der Waals surface area contributed by atoms with Crippen molar-refractivity contribution in [2.24, 2.45) is 13.0 Å². The number of pyridine rings is 1. The molecule has 2 amide bonds. The Morgan fingerprint density at radius 1 is 1.29 bits per heavy atom. The highest BCUT2D eigenvalue weighted by Gasteiger charge is 2.29. The number of aromatic nitrogens is 3. The zero-order valence-electron chi connectivity index (χ0n) is 18.4. The maximum Gasteiger partial charge on any atom is 0.254 e. The van der Waals surface area contributed by atoms with Gasteiger partial charge in [0.05, 0.1) is 27.2 Å². The molecule has 31 heavy (non-hydrogen) atoms. The first-order valence-corrected chi connectivity index (χ1v) is 11.8. The van der Waals surface area contributed by atoms with E-state index < -0.39 is 0 Å². The number of unbranched alkanes of at least 4 members (excludes halogenated alkanes) is 1. The fraction of sp³-hybridized carbons (Fsp3) is 0.478. The first-order valence-electron chi connectivity index (χ1n) is 10.9. The number of aryl methyl sites for hydroxylation is 2. The van der Waals surface area contributed by atoms with Crippen molar-refractivity contribution in [2.45, 2.75) is 39.5 Å². The first-order chi connectivity index (χ1) is 15.0. The molecule has 8 heteroatoms. The minimum atomic E-state index is -0.0137. The normalized spacial score (nSPS) is 14.9. The van der Waals surface area contributed by atoms with Crippen molar-refractivity contribution in [3.8, 4) is 10.6 Å². The molecular weight excluding hydrogens is 410 g/mol. The van der Waals surface area contributed by atoms with Crippen molar-refractivity contribution in [3.05, 3.63) is 34.8 Å². The Bertz CT molecular complexity index is 1080. The van der Waals surface area contributed by atoms with E-state index in [-0.39, 0.29) is 17.7 Å². The van der Waals surface area contributed by atoms with Crippen molar-refractivity contribution in [3.63, 3.8) is 0 Å². The molecule has 164 valence electrons. The Morgan fingerprint density at radius 2 is 2.06 bits per heavy atom. The number of nitrogens with one attached hydrogen (secondary N) is 1. The van der Waals surface area contributed by atoms with Gasteiger partial charge in [-0.25, -0.2) is 4.98 Å². The molecule has 7 nitrogen and oxygen atoms in total. The van der Waals surface area contributed by atoms with Crippen LogP contribution in [-0.4, -0.2) is 51.1 Å². The van der Waals surface area contributed by atoms with Crippen LogP contribution in [0.5, 0.6) is 0 Å². The van der Waals surface area contributed by atoms with E-state index in [1.54, 1.807) is 16.0 Å². The number of amides is 2. The second kappa shape index (κ2) is 9.18. The molecule has 1 fully saturated rings. The molecule has 0 bridgehead atoms. The van der Waals surface area contributed by atoms with Crippen molar-refractivity contribution < 1.29 is 9.59 Å². The molecular formula is C23H29N5O2S. The van der Waals surface area contributed by atoms with E-state index >= 15 is 0 Å². The van der Waals surface area contributed by atoms with Gasteiger partial charge < -0.3 is 10.2 Å². The van der Waals surface area contributed by atoms with Crippen LogP contribution in [0.15, 0.2) is 23.6 Å². The molecule has 1 N–H and O–H groups in total. The van der Waals surface area contributed by atoms with Crippen LogP contribution in [0.3, 0.4) is 0 Å². The summed E-state index contributed by atoms with van der Waals surface area (Å²) in [7, 11) is 1.86. The van der Waals surface area contributed by atoms with Gasteiger partial charge in [0.1, 0.15) is 0 Å². The summed E-state index contributed by atoms with van der Waals surface area (Å²) in [5.41, 5.74) is 2.96. The summed E-state index contributed by atoms with van der Waals surface area (Å²) in [6, 6.07) is 5.89. The Kier molecular flexibility index (Phi) is 6.36. The number of carbonyl (C=O) groups excluding carboxylic acids is 2. The summed E-state index contributed by atoms with van der Waals surface area (Å²) in [5.74, 6) is 0.0984. The molecule has 0 atom stereocenters. The smallest absolute Gasteiger partial charge is 0.254 e. The van der Waals surface area contributed by atoms with Crippen molar-refractivity contribution >= 4 is 34.2 Å². The Hall–Kier alpha value is -2.74. The van der Waals surface area contributed by atoms with E-state index in [2.05, 4.69) is 17.3 Å². The average Bonchev–Trinajstić information content (AvgIpc) is 3.41. The number of likely N-dealkylation sites (tertiary alicyclic amines) is 1. The molecule has 0 radical (unpaired) electrons. The fourth-order valence-electron chi connectivity index (χ4n) is 4.21. The van der Waals surface area contributed by atoms with Crippen LogP contribution in [-0.2, 0) is 11.8 Å². The number of hydrogen-bond acceptors (Lipinski definition) is 5. The minimum Gasteiger partial charge on any atom is -0.356 e. The summed E-state index contributed by atoms with van der Waals surface area (Å²) < 4.78 is 1.74. The van der Waals surface area contributed by atoms with Crippen molar-refractivity contribution in [2.75, 3.05) is 19.6 Å². The lowest BCUT2D eigenvalue weighted by Crippen LogP contribution is -2.43. The maximum absolute atomic E-state index is 13.5. The second-order valence-corrected chi connectivity index (χ2v) is 9.10. The molecule has 4 rings (SSSR count). The fourth-order valence-corrected chi connectivity index (χ4v) is 4.90. The molecule has 0 unspecified atom stereocenters. The van der Waals surface area contributed by atoms with Gasteiger partial charge in [0.25, 0.3) is 5.91 Å². The van der Waals surface area contributed by atoms with Crippen molar-refractivity contribution in [1.29, 1.82) is 0 Å². The van der Waals surface area contributed by atoms with Crippen LogP contribution in [0, 0.1) is 12.8 Å². The maximum atomic E-state index is 13.5. The van der Waals surface area contributed by atoms with Gasteiger partial charge in [0, 0.05) is 32.6 Å². The lowest BCUT2D eigenvalue weighted by Gasteiger charge is -2.31. The number of rotatable bonds is 6. The Balaban J connectivity index is 1.56. The monoisotopic (exact) mass is 439 g/mol. The molecule has 4 heterocycles. The van der Waals surface area contributed by atoms with E-state index in [0.29, 0.717) is 31.5 Å². The molecule has 1 saturated heterocycles. The lowest BCUT2D eigenvalue weighted by atomic mass is 9.95. The highest BCUT2D eigenvalue weighted by molar-refractivity contribution is 7.13. The lowest BCUT2D eigenvalue weighted by molar-refractivity contribution is -0.126. The van der Waals surface area contributed by atoms with Crippen LogP contribution in [0.25, 0.3) is 21.6 Å². The van der Waals surface area contributed by atoms with Gasteiger partial charge >= 0.3 is 0 Å². The third-order valence-electron chi connectivity index (χ3n) is 5.96. The molecule has 0 spiro atoms. The zero-order valence-corrected chi connectivity index (χ0v) is 19.2. The average molecular weight is 440 g/mol. The van der Waals surface area contributed by atoms with Gasteiger partial charge in [0.15, 0.2) is 5.65 Å². The highest BCUT2D eigenvalue weighted by Crippen LogP contribution is 2.30. The van der Waals surface area contributed by atoms with Crippen LogP contribution in [0.1, 0.15) is 48.7 Å². The summed E-state index contributed by atoms with van der Waals surface area (Å²) in [6.45, 7) is 5.93. The number of thiophene rings is 1. The molecule has 1 aliphatic rings. The summed E-state index contributed by atoms with van der Waals surface area (Å²) in [5, 5.41) is 10.4. The zero-order chi connectivity index (χ0) is 22.0. The SMILES string of the molecule is CCCCNC(=O)C1CCN(C(=O)c2cc(-c3cccs3)nc3c2c(C)nn3C)CC1. The van der Waals surface area contributed by atoms with Gasteiger partial charge in [0.2, 0.25) is 5.91 Å². The first kappa shape index (κ1) is 21.5. The van der Waals surface area contributed by atoms with Gasteiger partial charge in [-0.3, -0.25) is 14.3 Å². The van der Waals surface area contributed by atoms with Gasteiger partial charge in [-0.05, 0) is 43.7 Å². The quantitative estimate of drug-likeness (QED) is 0.593. The molecule has 3 aromatic heterocycles. The topological polar surface area (TPSA) is 80.1 Å². The highest BCUT2D eigenvalue weighted by atomic mass is 32.1. The molecule has 0 aliphatic carbocycles. The van der Waals surface area contributed by atoms with Crippen LogP contribution in [0.4, 0.5) is 0 Å². The molecule has 0 saturated carbocycles. The number of hydrogen-bond donors (Lipinski definition) is 1. The predicted molar refractivity (Wildman–Crippen MR) is 123 cm³/mol. The number of fused-ring (bicyclic) bond motifs is 1.